The molecule has 6 nitrogen and oxygen atoms in total. The molecule has 166 valence electrons. The van der Waals surface area contributed by atoms with Crippen molar-refractivity contribution in [1.82, 2.24) is 19.7 Å². The van der Waals surface area contributed by atoms with Gasteiger partial charge in [-0.3, -0.25) is 9.58 Å². The molecule has 2 aliphatic carbocycles. The first-order valence-corrected chi connectivity index (χ1v) is 11.1. The summed E-state index contributed by atoms with van der Waals surface area (Å²) in [6.45, 7) is 3.83. The quantitative estimate of drug-likeness (QED) is 0.796. The number of nitrogens with zero attached hydrogens (tertiary/aromatic N) is 4. The van der Waals surface area contributed by atoms with Gasteiger partial charge in [-0.15, -0.1) is 0 Å². The molecule has 4 aliphatic rings. The van der Waals surface area contributed by atoms with E-state index in [1.54, 1.807) is 0 Å². The molecule has 2 N–H and O–H groups in total. The van der Waals surface area contributed by atoms with Crippen LogP contribution in [-0.4, -0.2) is 52.0 Å². The van der Waals surface area contributed by atoms with Crippen molar-refractivity contribution in [1.29, 1.82) is 0 Å². The average Bonchev–Trinajstić information content (AvgIpc) is 3.17. The standard InChI is InChI=1S/C22H26F3N5O/c23-22(24,25)17-5-12(7-27-21(17)26)18-6-19(30(28-18)13-3-1-2-4-13)20-15-8-29(9-16(15)20)14-10-31-11-14/h5-7,13-16,20H,1-4,8-11H2,(H2,26,27). The molecule has 2 aromatic rings. The highest BCUT2D eigenvalue weighted by atomic mass is 19.4. The number of alkyl halides is 3. The van der Waals surface area contributed by atoms with E-state index in [0.29, 0.717) is 41.1 Å². The van der Waals surface area contributed by atoms with Crippen LogP contribution in [0.15, 0.2) is 18.3 Å². The van der Waals surface area contributed by atoms with Crippen molar-refractivity contribution in [3.05, 3.63) is 29.6 Å². The van der Waals surface area contributed by atoms with Gasteiger partial charge in [-0.2, -0.15) is 18.3 Å². The molecule has 0 amide bonds. The second-order valence-electron chi connectivity index (χ2n) is 9.49. The molecule has 2 saturated carbocycles. The van der Waals surface area contributed by atoms with Gasteiger partial charge in [-0.25, -0.2) is 4.98 Å². The number of hydrogen-bond acceptors (Lipinski definition) is 5. The van der Waals surface area contributed by atoms with Crippen LogP contribution in [0, 0.1) is 11.8 Å². The highest BCUT2D eigenvalue weighted by Gasteiger charge is 2.59. The van der Waals surface area contributed by atoms with Crippen molar-refractivity contribution >= 4 is 5.82 Å². The van der Waals surface area contributed by atoms with Gasteiger partial charge in [0.05, 0.1) is 36.6 Å². The van der Waals surface area contributed by atoms with Crippen molar-refractivity contribution in [2.45, 2.75) is 49.9 Å². The van der Waals surface area contributed by atoms with E-state index in [1.165, 1.54) is 24.7 Å². The number of ether oxygens (including phenoxy) is 1. The lowest BCUT2D eigenvalue weighted by atomic mass is 10.1. The third-order valence-electron chi connectivity index (χ3n) is 7.66. The summed E-state index contributed by atoms with van der Waals surface area (Å²) in [4.78, 5) is 6.35. The van der Waals surface area contributed by atoms with Gasteiger partial charge < -0.3 is 10.5 Å². The minimum Gasteiger partial charge on any atom is -0.383 e. The maximum atomic E-state index is 13.3. The largest absolute Gasteiger partial charge is 0.419 e. The van der Waals surface area contributed by atoms with Crippen LogP contribution in [0.5, 0.6) is 0 Å². The number of likely N-dealkylation sites (tertiary alicyclic amines) is 1. The monoisotopic (exact) mass is 433 g/mol. The molecule has 2 unspecified atom stereocenters. The molecule has 0 bridgehead atoms. The van der Waals surface area contributed by atoms with Crippen LogP contribution in [0.4, 0.5) is 19.0 Å². The SMILES string of the molecule is Nc1ncc(-c2cc(C3C4CN(C5COC5)CC43)n(C3CCCC3)n2)cc1C(F)(F)F. The lowest BCUT2D eigenvalue weighted by molar-refractivity contribution is -0.137. The Kier molecular flexibility index (Phi) is 4.37. The number of piperidine rings is 1. The van der Waals surface area contributed by atoms with Gasteiger partial charge in [-0.05, 0) is 36.8 Å². The average molecular weight is 433 g/mol. The summed E-state index contributed by atoms with van der Waals surface area (Å²) in [5.41, 5.74) is 6.72. The molecule has 0 spiro atoms. The minimum absolute atomic E-state index is 0.338. The Labute approximate surface area is 178 Å². The zero-order chi connectivity index (χ0) is 21.3. The van der Waals surface area contributed by atoms with Crippen LogP contribution in [0.25, 0.3) is 11.3 Å². The molecule has 0 aromatic carbocycles. The predicted octanol–water partition coefficient (Wildman–Crippen LogP) is 3.71. The Hall–Kier alpha value is -2.13. The molecule has 9 heteroatoms. The zero-order valence-corrected chi connectivity index (χ0v) is 17.2. The number of nitrogen functional groups attached to an aromatic ring is 1. The molecule has 2 saturated heterocycles. The summed E-state index contributed by atoms with van der Waals surface area (Å²) < 4.78 is 47.5. The fourth-order valence-corrected chi connectivity index (χ4v) is 5.81. The van der Waals surface area contributed by atoms with E-state index in [4.69, 9.17) is 15.6 Å². The summed E-state index contributed by atoms with van der Waals surface area (Å²) in [7, 11) is 0. The van der Waals surface area contributed by atoms with E-state index in [2.05, 4.69) is 14.6 Å². The molecular weight excluding hydrogens is 407 g/mol. The van der Waals surface area contributed by atoms with Crippen LogP contribution >= 0.6 is 0 Å². The molecule has 2 atom stereocenters. The summed E-state index contributed by atoms with van der Waals surface area (Å²) in [5.74, 6) is 1.17. The number of rotatable bonds is 4. The summed E-state index contributed by atoms with van der Waals surface area (Å²) in [5, 5.41) is 4.82. The molecule has 31 heavy (non-hydrogen) atoms. The highest BCUT2D eigenvalue weighted by molar-refractivity contribution is 5.63. The number of halogens is 3. The van der Waals surface area contributed by atoms with Gasteiger partial charge >= 0.3 is 6.18 Å². The normalized spacial score (nSPS) is 29.3. The number of aromatic nitrogens is 3. The van der Waals surface area contributed by atoms with Gasteiger partial charge in [0, 0.05) is 36.5 Å². The maximum absolute atomic E-state index is 13.3. The van der Waals surface area contributed by atoms with Gasteiger partial charge in [0.1, 0.15) is 5.82 Å². The Morgan fingerprint density at radius 1 is 1.03 bits per heavy atom. The number of anilines is 1. The lowest BCUT2D eigenvalue weighted by Gasteiger charge is -2.35. The number of nitrogens with two attached hydrogens (primary N) is 1. The van der Waals surface area contributed by atoms with E-state index in [-0.39, 0.29) is 0 Å². The van der Waals surface area contributed by atoms with Crippen LogP contribution in [0.2, 0.25) is 0 Å². The Morgan fingerprint density at radius 2 is 1.74 bits per heavy atom. The van der Waals surface area contributed by atoms with Crippen molar-refractivity contribution in [2.75, 3.05) is 32.0 Å². The van der Waals surface area contributed by atoms with Crippen molar-refractivity contribution in [3.8, 4) is 11.3 Å². The topological polar surface area (TPSA) is 69.2 Å². The van der Waals surface area contributed by atoms with E-state index in [0.717, 1.165) is 45.2 Å². The summed E-state index contributed by atoms with van der Waals surface area (Å²) in [6, 6.07) is 3.99. The summed E-state index contributed by atoms with van der Waals surface area (Å²) >= 11 is 0. The minimum atomic E-state index is -4.54. The van der Waals surface area contributed by atoms with Crippen molar-refractivity contribution in [3.63, 3.8) is 0 Å². The van der Waals surface area contributed by atoms with Gasteiger partial charge in [0.25, 0.3) is 0 Å². The first-order chi connectivity index (χ1) is 14.9. The molecule has 4 fully saturated rings. The molecule has 2 aromatic heterocycles. The number of fused-ring (bicyclic) bond motifs is 1. The third-order valence-corrected chi connectivity index (χ3v) is 7.66. The second kappa shape index (κ2) is 6.93. The van der Waals surface area contributed by atoms with Crippen LogP contribution in [-0.2, 0) is 10.9 Å². The summed E-state index contributed by atoms with van der Waals surface area (Å²) in [6.07, 6.45) is 1.38. The number of pyridine rings is 1. The predicted molar refractivity (Wildman–Crippen MR) is 108 cm³/mol. The fraction of sp³-hybridized carbons (Fsp3) is 0.636. The van der Waals surface area contributed by atoms with Crippen LogP contribution < -0.4 is 5.73 Å². The Bertz CT molecular complexity index is 984. The smallest absolute Gasteiger partial charge is 0.383 e. The van der Waals surface area contributed by atoms with Crippen molar-refractivity contribution in [2.24, 2.45) is 11.8 Å². The van der Waals surface area contributed by atoms with Gasteiger partial charge in [0.15, 0.2) is 0 Å². The molecule has 4 heterocycles. The Balaban J connectivity index is 1.32. The van der Waals surface area contributed by atoms with Crippen LogP contribution in [0.3, 0.4) is 0 Å². The van der Waals surface area contributed by atoms with Gasteiger partial charge in [0.2, 0.25) is 0 Å². The zero-order valence-electron chi connectivity index (χ0n) is 17.2. The van der Waals surface area contributed by atoms with Gasteiger partial charge in [-0.1, -0.05) is 12.8 Å². The molecule has 2 aliphatic heterocycles. The maximum Gasteiger partial charge on any atom is 0.419 e. The lowest BCUT2D eigenvalue weighted by Crippen LogP contribution is -2.48. The first kappa shape index (κ1) is 19.5. The molecule has 6 rings (SSSR count). The van der Waals surface area contributed by atoms with E-state index in [1.807, 2.05) is 6.07 Å². The van der Waals surface area contributed by atoms with Crippen molar-refractivity contribution < 1.29 is 17.9 Å². The van der Waals surface area contributed by atoms with E-state index < -0.39 is 17.6 Å². The van der Waals surface area contributed by atoms with E-state index in [9.17, 15) is 13.2 Å². The third kappa shape index (κ3) is 3.24. The van der Waals surface area contributed by atoms with Crippen LogP contribution in [0.1, 0.15) is 48.9 Å². The van der Waals surface area contributed by atoms with E-state index >= 15 is 0 Å². The Morgan fingerprint density at radius 3 is 2.35 bits per heavy atom. The second-order valence-corrected chi connectivity index (χ2v) is 9.49. The number of hydrogen-bond donors (Lipinski definition) is 1. The first-order valence-electron chi connectivity index (χ1n) is 11.1. The fourth-order valence-electron chi connectivity index (χ4n) is 5.81. The molecule has 0 radical (unpaired) electrons. The molecular formula is C22H26F3N5O. The highest BCUT2D eigenvalue weighted by Crippen LogP contribution is 2.59.